The van der Waals surface area contributed by atoms with Crippen molar-refractivity contribution in [3.8, 4) is 0 Å². The van der Waals surface area contributed by atoms with Crippen LogP contribution in [0.5, 0.6) is 0 Å². The first-order valence-electron chi connectivity index (χ1n) is 9.94. The lowest BCUT2D eigenvalue weighted by molar-refractivity contribution is -0.130. The highest BCUT2D eigenvalue weighted by atomic mass is 32.2. The Morgan fingerprint density at radius 2 is 1.71 bits per heavy atom. The normalized spacial score (nSPS) is 13.9. The molecule has 1 amide bonds. The van der Waals surface area contributed by atoms with Gasteiger partial charge in [0.1, 0.15) is 0 Å². The molecule has 0 bridgehead atoms. The largest absolute Gasteiger partial charge is 0.343 e. The van der Waals surface area contributed by atoms with Gasteiger partial charge in [-0.15, -0.1) is 0 Å². The van der Waals surface area contributed by atoms with Crippen molar-refractivity contribution < 1.29 is 13.2 Å². The Morgan fingerprint density at radius 1 is 1.04 bits per heavy atom. The van der Waals surface area contributed by atoms with Gasteiger partial charge in [0, 0.05) is 26.1 Å². The fraction of sp³-hybridized carbons (Fsp3) is 0.409. The van der Waals surface area contributed by atoms with Crippen molar-refractivity contribution >= 4 is 21.6 Å². The number of amides is 1. The van der Waals surface area contributed by atoms with Crippen molar-refractivity contribution in [2.45, 2.75) is 44.4 Å². The number of hydrogen-bond donors (Lipinski definition) is 0. The van der Waals surface area contributed by atoms with Crippen molar-refractivity contribution in [1.29, 1.82) is 0 Å². The number of nitrogens with zero attached hydrogens (tertiary/aromatic N) is 2. The predicted molar refractivity (Wildman–Crippen MR) is 112 cm³/mol. The van der Waals surface area contributed by atoms with Gasteiger partial charge in [-0.2, -0.15) is 0 Å². The highest BCUT2D eigenvalue weighted by Crippen LogP contribution is 2.31. The molecule has 28 heavy (non-hydrogen) atoms. The Kier molecular flexibility index (Phi) is 6.39. The van der Waals surface area contributed by atoms with Crippen LogP contribution in [0.2, 0.25) is 0 Å². The number of sulfonamides is 1. The summed E-state index contributed by atoms with van der Waals surface area (Å²) in [4.78, 5) is 14.3. The number of benzene rings is 2. The molecule has 0 unspecified atom stereocenters. The minimum Gasteiger partial charge on any atom is -0.343 e. The average Bonchev–Trinajstić information content (AvgIpc) is 2.73. The average molecular weight is 401 g/mol. The molecule has 150 valence electrons. The van der Waals surface area contributed by atoms with Crippen LogP contribution in [-0.4, -0.2) is 38.9 Å². The zero-order valence-electron chi connectivity index (χ0n) is 16.6. The van der Waals surface area contributed by atoms with Crippen LogP contribution in [-0.2, 0) is 27.7 Å². The van der Waals surface area contributed by atoms with Crippen LogP contribution in [0, 0.1) is 0 Å². The van der Waals surface area contributed by atoms with Gasteiger partial charge in [-0.05, 0) is 62.4 Å². The quantitative estimate of drug-likeness (QED) is 0.713. The molecule has 0 fully saturated rings. The molecule has 0 spiro atoms. The van der Waals surface area contributed by atoms with E-state index in [4.69, 9.17) is 0 Å². The number of anilines is 1. The lowest BCUT2D eigenvalue weighted by Gasteiger charge is -2.30. The van der Waals surface area contributed by atoms with Crippen LogP contribution < -0.4 is 4.31 Å². The molecule has 0 N–H and O–H groups in total. The Hall–Kier alpha value is -2.34. The van der Waals surface area contributed by atoms with Crippen molar-refractivity contribution in [2.24, 2.45) is 0 Å². The van der Waals surface area contributed by atoms with E-state index < -0.39 is 10.0 Å². The first-order chi connectivity index (χ1) is 13.5. The summed E-state index contributed by atoms with van der Waals surface area (Å²) in [7, 11) is -3.59. The number of carbonyl (C=O) groups excluding carboxylic acids is 1. The maximum atomic E-state index is 13.2. The van der Waals surface area contributed by atoms with E-state index in [-0.39, 0.29) is 5.91 Å². The Bertz CT molecular complexity index is 919. The molecule has 5 nitrogen and oxygen atoms in total. The molecular formula is C22H28N2O3S. The van der Waals surface area contributed by atoms with Gasteiger partial charge in [0.15, 0.2) is 0 Å². The van der Waals surface area contributed by atoms with Crippen molar-refractivity contribution in [3.63, 3.8) is 0 Å². The lowest BCUT2D eigenvalue weighted by Crippen LogP contribution is -2.35. The Morgan fingerprint density at radius 3 is 2.39 bits per heavy atom. The molecule has 0 aromatic heterocycles. The minimum absolute atomic E-state index is 0.131. The molecule has 1 heterocycles. The molecule has 3 rings (SSSR count). The molecule has 0 aliphatic carbocycles. The molecule has 2 aromatic rings. The summed E-state index contributed by atoms with van der Waals surface area (Å²) in [5.41, 5.74) is 2.82. The molecule has 2 aromatic carbocycles. The monoisotopic (exact) mass is 400 g/mol. The molecule has 0 atom stereocenters. The van der Waals surface area contributed by atoms with Crippen molar-refractivity contribution in [1.82, 2.24) is 4.90 Å². The van der Waals surface area contributed by atoms with Gasteiger partial charge in [-0.1, -0.05) is 30.3 Å². The van der Waals surface area contributed by atoms with Crippen LogP contribution in [0.3, 0.4) is 0 Å². The molecule has 6 heteroatoms. The first kappa shape index (κ1) is 20.4. The second-order valence-electron chi connectivity index (χ2n) is 7.02. The molecule has 0 saturated heterocycles. The van der Waals surface area contributed by atoms with E-state index in [1.54, 1.807) is 12.1 Å². The highest BCUT2D eigenvalue weighted by Gasteiger charge is 2.28. The van der Waals surface area contributed by atoms with Gasteiger partial charge in [-0.25, -0.2) is 8.42 Å². The molecular weight excluding hydrogens is 372 g/mol. The second-order valence-corrected chi connectivity index (χ2v) is 8.88. The molecule has 0 radical (unpaired) electrons. The van der Waals surface area contributed by atoms with E-state index in [0.717, 1.165) is 29.7 Å². The maximum absolute atomic E-state index is 13.2. The van der Waals surface area contributed by atoms with Crippen LogP contribution in [0.4, 0.5) is 5.69 Å². The SMILES string of the molecule is CCN(CC)C(=O)CCc1ccc(S(=O)(=O)N2CCCc3ccccc32)cc1. The standard InChI is InChI=1S/C22H28N2O3S/c1-3-23(4-2)22(25)16-13-18-11-14-20(15-12-18)28(26,27)24-17-7-9-19-8-5-6-10-21(19)24/h5-6,8,10-12,14-15H,3-4,7,9,13,16-17H2,1-2H3. The second kappa shape index (κ2) is 8.78. The smallest absolute Gasteiger partial charge is 0.264 e. The number of rotatable bonds is 7. The third kappa shape index (κ3) is 4.22. The summed E-state index contributed by atoms with van der Waals surface area (Å²) in [5.74, 6) is 0.131. The minimum atomic E-state index is -3.59. The van der Waals surface area contributed by atoms with Crippen molar-refractivity contribution in [2.75, 3.05) is 23.9 Å². The van der Waals surface area contributed by atoms with E-state index >= 15 is 0 Å². The summed E-state index contributed by atoms with van der Waals surface area (Å²) in [5, 5.41) is 0. The number of aryl methyl sites for hydroxylation is 2. The van der Waals surface area contributed by atoms with E-state index in [1.165, 1.54) is 4.31 Å². The topological polar surface area (TPSA) is 57.7 Å². The first-order valence-corrected chi connectivity index (χ1v) is 11.4. The highest BCUT2D eigenvalue weighted by molar-refractivity contribution is 7.92. The Balaban J connectivity index is 1.74. The molecule has 0 saturated carbocycles. The predicted octanol–water partition coefficient (Wildman–Crippen LogP) is 3.63. The number of fused-ring (bicyclic) bond motifs is 1. The van der Waals surface area contributed by atoms with E-state index in [1.807, 2.05) is 55.1 Å². The number of para-hydroxylation sites is 1. The lowest BCUT2D eigenvalue weighted by atomic mass is 10.0. The van der Waals surface area contributed by atoms with E-state index in [9.17, 15) is 13.2 Å². The molecule has 1 aliphatic rings. The third-order valence-electron chi connectivity index (χ3n) is 5.32. The van der Waals surface area contributed by atoms with Gasteiger partial charge in [0.25, 0.3) is 10.0 Å². The summed E-state index contributed by atoms with van der Waals surface area (Å²) in [6.07, 6.45) is 2.78. The zero-order chi connectivity index (χ0) is 20.1. The fourth-order valence-electron chi connectivity index (χ4n) is 3.69. The van der Waals surface area contributed by atoms with E-state index in [0.29, 0.717) is 37.4 Å². The van der Waals surface area contributed by atoms with Crippen LogP contribution in [0.15, 0.2) is 53.4 Å². The molecule has 1 aliphatic heterocycles. The van der Waals surface area contributed by atoms with Gasteiger partial charge in [0.2, 0.25) is 5.91 Å². The van der Waals surface area contributed by atoms with Gasteiger partial charge in [-0.3, -0.25) is 9.10 Å². The van der Waals surface area contributed by atoms with Gasteiger partial charge in [0.05, 0.1) is 10.6 Å². The van der Waals surface area contributed by atoms with Crippen LogP contribution >= 0.6 is 0 Å². The Labute approximate surface area is 168 Å². The van der Waals surface area contributed by atoms with E-state index in [2.05, 4.69) is 0 Å². The third-order valence-corrected chi connectivity index (χ3v) is 7.15. The fourth-order valence-corrected chi connectivity index (χ4v) is 5.23. The maximum Gasteiger partial charge on any atom is 0.264 e. The van der Waals surface area contributed by atoms with Crippen molar-refractivity contribution in [3.05, 3.63) is 59.7 Å². The summed E-state index contributed by atoms with van der Waals surface area (Å²) in [6, 6.07) is 14.6. The number of hydrogen-bond acceptors (Lipinski definition) is 3. The van der Waals surface area contributed by atoms with Gasteiger partial charge >= 0.3 is 0 Å². The summed E-state index contributed by atoms with van der Waals surface area (Å²) >= 11 is 0. The zero-order valence-corrected chi connectivity index (χ0v) is 17.4. The number of carbonyl (C=O) groups is 1. The summed E-state index contributed by atoms with van der Waals surface area (Å²) in [6.45, 7) is 5.87. The van der Waals surface area contributed by atoms with Gasteiger partial charge < -0.3 is 4.90 Å². The van der Waals surface area contributed by atoms with Crippen LogP contribution in [0.1, 0.15) is 37.8 Å². The van der Waals surface area contributed by atoms with Crippen LogP contribution in [0.25, 0.3) is 0 Å². The summed E-state index contributed by atoms with van der Waals surface area (Å²) < 4.78 is 27.8.